The Hall–Kier alpha value is -2.68. The molecule has 0 spiro atoms. The summed E-state index contributed by atoms with van der Waals surface area (Å²) in [6.07, 6.45) is 1.81. The second kappa shape index (κ2) is 12.3. The van der Waals surface area contributed by atoms with Crippen LogP contribution in [-0.2, 0) is 15.6 Å². The Labute approximate surface area is 248 Å². The maximum Gasteiger partial charge on any atom is 0.343 e. The highest BCUT2D eigenvalue weighted by atomic mass is 35.5. The lowest BCUT2D eigenvalue weighted by molar-refractivity contribution is 0.0523. The van der Waals surface area contributed by atoms with Gasteiger partial charge in [-0.1, -0.05) is 65.3 Å². The van der Waals surface area contributed by atoms with Gasteiger partial charge >= 0.3 is 5.97 Å². The number of halogens is 2. The molecular formula is C32H43ClFNO5Si. The van der Waals surface area contributed by atoms with Gasteiger partial charge in [-0.15, -0.1) is 0 Å². The third kappa shape index (κ3) is 7.04. The van der Waals surface area contributed by atoms with E-state index in [0.717, 1.165) is 5.56 Å². The zero-order chi connectivity index (χ0) is 30.9. The molecule has 1 atom stereocenters. The zero-order valence-corrected chi connectivity index (χ0v) is 27.7. The van der Waals surface area contributed by atoms with E-state index in [9.17, 15) is 14.0 Å². The van der Waals surface area contributed by atoms with Gasteiger partial charge in [0.05, 0.1) is 24.3 Å². The highest BCUT2D eigenvalue weighted by Gasteiger charge is 2.40. The van der Waals surface area contributed by atoms with Crippen LogP contribution in [0.2, 0.25) is 23.2 Å². The van der Waals surface area contributed by atoms with Crippen LogP contribution in [-0.4, -0.2) is 39.0 Å². The number of ether oxygens (including phenoxy) is 2. The maximum absolute atomic E-state index is 14.8. The number of nitrogens with zero attached hydrogens (tertiary/aromatic N) is 1. The molecule has 2 aromatic heterocycles. The molecule has 0 aliphatic carbocycles. The van der Waals surface area contributed by atoms with E-state index in [1.807, 2.05) is 0 Å². The minimum Gasteiger partial charge on any atom is -0.495 e. The minimum atomic E-state index is -2.13. The molecule has 0 unspecified atom stereocenters. The van der Waals surface area contributed by atoms with Crippen LogP contribution in [0.5, 0.6) is 5.75 Å². The van der Waals surface area contributed by atoms with Gasteiger partial charge in [0.2, 0.25) is 0 Å². The smallest absolute Gasteiger partial charge is 0.343 e. The van der Waals surface area contributed by atoms with Crippen molar-refractivity contribution in [1.29, 1.82) is 0 Å². The first-order valence-electron chi connectivity index (χ1n) is 13.9. The summed E-state index contributed by atoms with van der Waals surface area (Å²) >= 11 is 6.02. The van der Waals surface area contributed by atoms with E-state index in [-0.39, 0.29) is 40.0 Å². The molecule has 0 saturated heterocycles. The van der Waals surface area contributed by atoms with Crippen LogP contribution in [0.25, 0.3) is 5.52 Å². The number of carbonyl (C=O) groups excluding carboxylic acids is 1. The van der Waals surface area contributed by atoms with Crippen molar-refractivity contribution in [2.24, 2.45) is 5.41 Å². The summed E-state index contributed by atoms with van der Waals surface area (Å²) in [4.78, 5) is 26.8. The van der Waals surface area contributed by atoms with Crippen LogP contribution >= 0.6 is 11.6 Å². The van der Waals surface area contributed by atoms with E-state index in [1.54, 1.807) is 37.4 Å². The Morgan fingerprint density at radius 2 is 1.78 bits per heavy atom. The second-order valence-corrected chi connectivity index (χ2v) is 18.3. The monoisotopic (exact) mass is 603 g/mol. The summed E-state index contributed by atoms with van der Waals surface area (Å²) in [5, 5.41) is 0.0257. The van der Waals surface area contributed by atoms with Crippen molar-refractivity contribution in [3.05, 3.63) is 80.0 Å². The van der Waals surface area contributed by atoms with Crippen LogP contribution in [0, 0.1) is 11.2 Å². The van der Waals surface area contributed by atoms with Gasteiger partial charge in [-0.25, -0.2) is 9.18 Å². The predicted molar refractivity (Wildman–Crippen MR) is 166 cm³/mol. The molecule has 0 bridgehead atoms. The number of pyridine rings is 2. The molecule has 0 aliphatic rings. The topological polar surface area (TPSA) is 66.2 Å². The minimum absolute atomic E-state index is 0.00339. The van der Waals surface area contributed by atoms with E-state index in [2.05, 4.69) is 54.6 Å². The van der Waals surface area contributed by atoms with Crippen LogP contribution in [0.3, 0.4) is 0 Å². The number of hydrogen-bond donors (Lipinski definition) is 0. The summed E-state index contributed by atoms with van der Waals surface area (Å²) in [5.41, 5.74) is 1.37. The molecule has 3 aromatic rings. The van der Waals surface area contributed by atoms with Gasteiger partial charge in [0.15, 0.2) is 8.32 Å². The fourth-order valence-corrected chi connectivity index (χ4v) is 5.78. The SMILES string of the molecule is CCOC(=O)c1cc([C@H](CO[Si](C)(C)C(C)(C)C)C(C)(C)C)c2c(OC)cc(Cc3cccc(Cl)c3F)cn2c1=O. The van der Waals surface area contributed by atoms with E-state index in [4.69, 9.17) is 25.5 Å². The van der Waals surface area contributed by atoms with E-state index in [1.165, 1.54) is 17.6 Å². The van der Waals surface area contributed by atoms with E-state index in [0.29, 0.717) is 29.0 Å². The Morgan fingerprint density at radius 3 is 2.34 bits per heavy atom. The fraction of sp³-hybridized carbons (Fsp3) is 0.500. The number of fused-ring (bicyclic) bond motifs is 1. The quantitative estimate of drug-likeness (QED) is 0.183. The van der Waals surface area contributed by atoms with Crippen LogP contribution in [0.1, 0.15) is 81.4 Å². The van der Waals surface area contributed by atoms with Crippen LogP contribution in [0.15, 0.2) is 41.3 Å². The highest BCUT2D eigenvalue weighted by molar-refractivity contribution is 6.74. The molecule has 1 aromatic carbocycles. The van der Waals surface area contributed by atoms with Gasteiger partial charge in [0.25, 0.3) is 5.56 Å². The number of carbonyl (C=O) groups is 1. The third-order valence-corrected chi connectivity index (χ3v) is 12.9. The first-order valence-corrected chi connectivity index (χ1v) is 17.2. The van der Waals surface area contributed by atoms with Crippen LogP contribution in [0.4, 0.5) is 4.39 Å². The van der Waals surface area contributed by atoms with Crippen molar-refractivity contribution >= 4 is 31.4 Å². The summed E-state index contributed by atoms with van der Waals surface area (Å²) in [7, 11) is -0.595. The van der Waals surface area contributed by atoms with Crippen molar-refractivity contribution in [1.82, 2.24) is 4.40 Å². The molecule has 0 N–H and O–H groups in total. The number of benzene rings is 1. The summed E-state index contributed by atoms with van der Waals surface area (Å²) in [6.45, 7) is 19.5. The first kappa shape index (κ1) is 32.8. The molecule has 2 heterocycles. The predicted octanol–water partition coefficient (Wildman–Crippen LogP) is 8.02. The van der Waals surface area contributed by atoms with E-state index >= 15 is 0 Å². The largest absolute Gasteiger partial charge is 0.495 e. The molecule has 41 heavy (non-hydrogen) atoms. The lowest BCUT2D eigenvalue weighted by atomic mass is 9.76. The molecule has 0 saturated carbocycles. The average Bonchev–Trinajstić information content (AvgIpc) is 2.86. The molecule has 6 nitrogen and oxygen atoms in total. The number of rotatable bonds is 9. The van der Waals surface area contributed by atoms with Crippen molar-refractivity contribution in [3.63, 3.8) is 0 Å². The van der Waals surface area contributed by atoms with Crippen molar-refractivity contribution in [2.45, 2.75) is 78.9 Å². The van der Waals surface area contributed by atoms with Gasteiger partial charge in [-0.2, -0.15) is 0 Å². The molecule has 224 valence electrons. The van der Waals surface area contributed by atoms with Gasteiger partial charge in [-0.05, 0) is 65.4 Å². The second-order valence-electron chi connectivity index (χ2n) is 13.1. The lowest BCUT2D eigenvalue weighted by Crippen LogP contribution is -2.43. The van der Waals surface area contributed by atoms with Gasteiger partial charge in [0, 0.05) is 25.1 Å². The summed E-state index contributed by atoms with van der Waals surface area (Å²) in [6, 6.07) is 8.26. The average molecular weight is 604 g/mol. The van der Waals surface area contributed by atoms with Gasteiger partial charge < -0.3 is 13.9 Å². The lowest BCUT2D eigenvalue weighted by Gasteiger charge is -2.40. The Bertz CT molecular complexity index is 1490. The molecule has 0 fully saturated rings. The van der Waals surface area contributed by atoms with Crippen molar-refractivity contribution in [3.8, 4) is 5.75 Å². The van der Waals surface area contributed by atoms with Gasteiger partial charge in [0.1, 0.15) is 17.1 Å². The van der Waals surface area contributed by atoms with E-state index < -0.39 is 25.7 Å². The van der Waals surface area contributed by atoms with Crippen LogP contribution < -0.4 is 10.3 Å². The van der Waals surface area contributed by atoms with Crippen molar-refractivity contribution in [2.75, 3.05) is 20.3 Å². The number of methoxy groups -OCH3 is 1. The van der Waals surface area contributed by atoms with Gasteiger partial charge in [-0.3, -0.25) is 9.20 Å². The third-order valence-electron chi connectivity index (χ3n) is 8.09. The Kier molecular flexibility index (Phi) is 9.83. The highest BCUT2D eigenvalue weighted by Crippen LogP contribution is 2.43. The zero-order valence-electron chi connectivity index (χ0n) is 25.9. The Balaban J connectivity index is 2.33. The normalized spacial score (nSPS) is 13.4. The molecule has 0 aliphatic heterocycles. The Morgan fingerprint density at radius 1 is 1.12 bits per heavy atom. The standard InChI is InChI=1S/C32H43ClFNO5Si/c1-11-39-30(37)23-17-22(24(31(2,3)4)19-40-41(9,10)32(5,6)7)28-26(38-8)16-20(18-35(28)29(23)36)15-21-13-12-14-25(33)27(21)34/h12-14,16-18,24H,11,15,19H2,1-10H3/t24-/m0/s1. The molecular weight excluding hydrogens is 561 g/mol. The summed E-state index contributed by atoms with van der Waals surface area (Å²) < 4.78 is 34.0. The summed E-state index contributed by atoms with van der Waals surface area (Å²) in [5.74, 6) is -0.979. The number of esters is 1. The van der Waals surface area contributed by atoms with Crippen molar-refractivity contribution < 1.29 is 23.1 Å². The molecule has 0 radical (unpaired) electrons. The molecule has 3 rings (SSSR count). The number of hydrogen-bond acceptors (Lipinski definition) is 5. The number of aromatic nitrogens is 1. The maximum atomic E-state index is 14.8. The first-order chi connectivity index (χ1) is 18.9. The molecule has 9 heteroatoms. The molecule has 0 amide bonds. The fourth-order valence-electron chi connectivity index (χ4n) is 4.57.